The molecule has 0 saturated carbocycles. The maximum absolute atomic E-state index is 10.5. The molecular weight excluding hydrogens is 208 g/mol. The minimum atomic E-state index is -0.532. The van der Waals surface area contributed by atoms with Gasteiger partial charge in [0.05, 0.1) is 16.2 Å². The van der Waals surface area contributed by atoms with E-state index in [0.29, 0.717) is 12.2 Å². The van der Waals surface area contributed by atoms with Crippen molar-refractivity contribution in [1.82, 2.24) is 0 Å². The Labute approximate surface area is 92.8 Å². The van der Waals surface area contributed by atoms with Crippen LogP contribution >= 0.6 is 0 Å². The van der Waals surface area contributed by atoms with Crippen LogP contribution in [0.5, 0.6) is 0 Å². The van der Waals surface area contributed by atoms with Gasteiger partial charge in [-0.15, -0.1) is 0 Å². The second-order valence-electron chi connectivity index (χ2n) is 3.46. The van der Waals surface area contributed by atoms with Crippen molar-refractivity contribution < 1.29 is 4.92 Å². The summed E-state index contributed by atoms with van der Waals surface area (Å²) in [5.41, 5.74) is 6.27. The monoisotopic (exact) mass is 220 g/mol. The van der Waals surface area contributed by atoms with Gasteiger partial charge in [-0.1, -0.05) is 0 Å². The predicted octanol–water partition coefficient (Wildman–Crippen LogP) is 1.23. The highest BCUT2D eigenvalue weighted by molar-refractivity contribution is 5.61. The smallest absolute Gasteiger partial charge is 0.270 e. The van der Waals surface area contributed by atoms with E-state index in [1.54, 1.807) is 0 Å². The largest absolute Gasteiger partial charge is 0.382 e. The summed E-state index contributed by atoms with van der Waals surface area (Å²) in [6.07, 6.45) is 0. The molecule has 1 aromatic rings. The Kier molecular flexibility index (Phi) is 3.80. The molecule has 16 heavy (non-hydrogen) atoms. The van der Waals surface area contributed by atoms with E-state index < -0.39 is 4.92 Å². The molecule has 0 heterocycles. The van der Waals surface area contributed by atoms with E-state index in [0.717, 1.165) is 0 Å². The fourth-order valence-corrected chi connectivity index (χ4v) is 1.16. The second-order valence-corrected chi connectivity index (χ2v) is 3.46. The Bertz CT molecular complexity index is 437. The molecule has 0 aromatic heterocycles. The number of benzene rings is 1. The zero-order valence-corrected chi connectivity index (χ0v) is 8.80. The Morgan fingerprint density at radius 1 is 1.69 bits per heavy atom. The van der Waals surface area contributed by atoms with E-state index >= 15 is 0 Å². The molecule has 3 N–H and O–H groups in total. The molecule has 0 aliphatic rings. The van der Waals surface area contributed by atoms with E-state index in [1.165, 1.54) is 18.2 Å². The molecule has 6 nitrogen and oxygen atoms in total. The van der Waals surface area contributed by atoms with Crippen LogP contribution in [-0.4, -0.2) is 17.5 Å². The van der Waals surface area contributed by atoms with Gasteiger partial charge in [-0.05, 0) is 13.0 Å². The topological polar surface area (TPSA) is 105 Å². The summed E-state index contributed by atoms with van der Waals surface area (Å²) in [7, 11) is 0. The number of nitrogens with one attached hydrogen (secondary N) is 1. The molecule has 0 bridgehead atoms. The number of non-ortho nitro benzene ring substituents is 1. The average molecular weight is 220 g/mol. The molecular formula is C10H12N4O2. The lowest BCUT2D eigenvalue weighted by Crippen LogP contribution is -2.25. The molecule has 0 radical (unpaired) electrons. The third-order valence-electron chi connectivity index (χ3n) is 1.95. The molecule has 0 spiro atoms. The van der Waals surface area contributed by atoms with Crippen LogP contribution in [0.15, 0.2) is 18.2 Å². The summed E-state index contributed by atoms with van der Waals surface area (Å²) in [6, 6.07) is 5.96. The van der Waals surface area contributed by atoms with Crippen LogP contribution in [0, 0.1) is 21.4 Å². The van der Waals surface area contributed by atoms with Crippen LogP contribution in [-0.2, 0) is 0 Å². The molecule has 0 fully saturated rings. The van der Waals surface area contributed by atoms with E-state index in [9.17, 15) is 10.1 Å². The molecule has 0 aliphatic carbocycles. The average Bonchev–Trinajstić information content (AvgIpc) is 2.25. The molecule has 1 rings (SSSR count). The van der Waals surface area contributed by atoms with Crippen LogP contribution in [0.2, 0.25) is 0 Å². The molecule has 6 heteroatoms. The molecule has 0 saturated heterocycles. The third kappa shape index (κ3) is 2.93. The van der Waals surface area contributed by atoms with Gasteiger partial charge in [0.15, 0.2) is 0 Å². The van der Waals surface area contributed by atoms with E-state index in [1.807, 2.05) is 13.0 Å². The lowest BCUT2D eigenvalue weighted by molar-refractivity contribution is -0.384. The van der Waals surface area contributed by atoms with Gasteiger partial charge in [0, 0.05) is 24.7 Å². The minimum absolute atomic E-state index is 0.0539. The van der Waals surface area contributed by atoms with Crippen LogP contribution in [0.4, 0.5) is 11.4 Å². The number of rotatable bonds is 4. The standard InChI is InChI=1S/C10H12N4O2/c1-7(12)6-13-10-3-2-9(14(15)16)4-8(10)5-11/h2-4,7,13H,6,12H2,1H3. The van der Waals surface area contributed by atoms with Crippen molar-refractivity contribution in [3.63, 3.8) is 0 Å². The van der Waals surface area contributed by atoms with Crippen molar-refractivity contribution in [1.29, 1.82) is 5.26 Å². The molecule has 1 aromatic carbocycles. The zero-order valence-electron chi connectivity index (χ0n) is 8.80. The number of nitrogens with two attached hydrogens (primary N) is 1. The number of nitro groups is 1. The maximum atomic E-state index is 10.5. The quantitative estimate of drug-likeness (QED) is 0.586. The highest BCUT2D eigenvalue weighted by Gasteiger charge is 2.10. The van der Waals surface area contributed by atoms with Crippen LogP contribution in [0.1, 0.15) is 12.5 Å². The molecule has 1 unspecified atom stereocenters. The van der Waals surface area contributed by atoms with Crippen molar-refractivity contribution >= 4 is 11.4 Å². The van der Waals surface area contributed by atoms with Gasteiger partial charge < -0.3 is 11.1 Å². The number of anilines is 1. The number of hydrogen-bond acceptors (Lipinski definition) is 5. The van der Waals surface area contributed by atoms with E-state index in [4.69, 9.17) is 11.0 Å². The first-order valence-corrected chi connectivity index (χ1v) is 4.72. The number of nitriles is 1. The van der Waals surface area contributed by atoms with Gasteiger partial charge >= 0.3 is 0 Å². The van der Waals surface area contributed by atoms with E-state index in [-0.39, 0.29) is 17.3 Å². The van der Waals surface area contributed by atoms with Gasteiger partial charge in [-0.25, -0.2) is 0 Å². The number of hydrogen-bond donors (Lipinski definition) is 2. The molecule has 84 valence electrons. The Morgan fingerprint density at radius 3 is 2.88 bits per heavy atom. The van der Waals surface area contributed by atoms with Crippen LogP contribution in [0.25, 0.3) is 0 Å². The van der Waals surface area contributed by atoms with Gasteiger partial charge in [0.25, 0.3) is 5.69 Å². The summed E-state index contributed by atoms with van der Waals surface area (Å²) in [5, 5.41) is 22.3. The Balaban J connectivity index is 2.94. The SMILES string of the molecule is CC(N)CNc1ccc([N+](=O)[O-])cc1C#N. The highest BCUT2D eigenvalue weighted by atomic mass is 16.6. The molecule has 0 amide bonds. The van der Waals surface area contributed by atoms with Gasteiger partial charge in [0.1, 0.15) is 6.07 Å². The first-order valence-electron chi connectivity index (χ1n) is 4.72. The maximum Gasteiger partial charge on any atom is 0.270 e. The van der Waals surface area contributed by atoms with Crippen LogP contribution < -0.4 is 11.1 Å². The second kappa shape index (κ2) is 5.09. The Hall–Kier alpha value is -2.13. The van der Waals surface area contributed by atoms with E-state index in [2.05, 4.69) is 5.32 Å². The van der Waals surface area contributed by atoms with Crippen molar-refractivity contribution in [3.05, 3.63) is 33.9 Å². The summed E-state index contributed by atoms with van der Waals surface area (Å²) < 4.78 is 0. The first-order chi connectivity index (χ1) is 7.54. The summed E-state index contributed by atoms with van der Waals surface area (Å²) in [6.45, 7) is 2.33. The first kappa shape index (κ1) is 11.9. The van der Waals surface area contributed by atoms with Crippen molar-refractivity contribution in [2.75, 3.05) is 11.9 Å². The minimum Gasteiger partial charge on any atom is -0.382 e. The summed E-state index contributed by atoms with van der Waals surface area (Å²) in [5.74, 6) is 0. The highest BCUT2D eigenvalue weighted by Crippen LogP contribution is 2.21. The summed E-state index contributed by atoms with van der Waals surface area (Å²) >= 11 is 0. The third-order valence-corrected chi connectivity index (χ3v) is 1.95. The van der Waals surface area contributed by atoms with Gasteiger partial charge in [0.2, 0.25) is 0 Å². The summed E-state index contributed by atoms with van der Waals surface area (Å²) in [4.78, 5) is 9.97. The Morgan fingerprint density at radius 2 is 2.38 bits per heavy atom. The number of nitrogens with zero attached hydrogens (tertiary/aromatic N) is 2. The fourth-order valence-electron chi connectivity index (χ4n) is 1.16. The van der Waals surface area contributed by atoms with Crippen molar-refractivity contribution in [3.8, 4) is 6.07 Å². The van der Waals surface area contributed by atoms with Crippen molar-refractivity contribution in [2.24, 2.45) is 5.73 Å². The number of nitro benzene ring substituents is 1. The zero-order chi connectivity index (χ0) is 12.1. The normalized spacial score (nSPS) is 11.6. The van der Waals surface area contributed by atoms with Crippen molar-refractivity contribution in [2.45, 2.75) is 13.0 Å². The van der Waals surface area contributed by atoms with Crippen LogP contribution in [0.3, 0.4) is 0 Å². The van der Waals surface area contributed by atoms with Gasteiger partial charge in [-0.2, -0.15) is 5.26 Å². The lowest BCUT2D eigenvalue weighted by atomic mass is 10.1. The van der Waals surface area contributed by atoms with Gasteiger partial charge in [-0.3, -0.25) is 10.1 Å². The fraction of sp³-hybridized carbons (Fsp3) is 0.300. The lowest BCUT2D eigenvalue weighted by Gasteiger charge is -2.09. The molecule has 0 aliphatic heterocycles. The predicted molar refractivity (Wildman–Crippen MR) is 60.0 cm³/mol. The molecule has 1 atom stereocenters.